The fourth-order valence-electron chi connectivity index (χ4n) is 1.47. The molecule has 0 amide bonds. The van der Waals surface area contributed by atoms with E-state index < -0.39 is 0 Å². The van der Waals surface area contributed by atoms with Crippen LogP contribution in [0.4, 0.5) is 0 Å². The third kappa shape index (κ3) is 2.16. The summed E-state index contributed by atoms with van der Waals surface area (Å²) in [6.07, 6.45) is 2.96. The molecule has 1 aromatic carbocycles. The number of benzene rings is 1. The Bertz CT molecular complexity index is 416. The molecule has 0 saturated heterocycles. The van der Waals surface area contributed by atoms with Crippen molar-refractivity contribution in [3.63, 3.8) is 0 Å². The van der Waals surface area contributed by atoms with Crippen molar-refractivity contribution in [2.45, 2.75) is 19.3 Å². The Hall–Kier alpha value is -1.82. The van der Waals surface area contributed by atoms with Crippen LogP contribution in [0.1, 0.15) is 24.8 Å². The molecule has 0 heterocycles. The van der Waals surface area contributed by atoms with Gasteiger partial charge in [0.2, 0.25) is 0 Å². The van der Waals surface area contributed by atoms with E-state index in [2.05, 4.69) is 0 Å². The number of hydrogen-bond acceptors (Lipinski definition) is 3. The molecule has 0 atom stereocenters. The highest BCUT2D eigenvalue weighted by Gasteiger charge is 2.26. The van der Waals surface area contributed by atoms with Gasteiger partial charge in [0.1, 0.15) is 5.75 Å². The van der Waals surface area contributed by atoms with E-state index in [0.717, 1.165) is 19.3 Å². The Labute approximate surface area is 88.3 Å². The number of nitriles is 1. The molecule has 0 aromatic heterocycles. The molecule has 0 spiro atoms. The van der Waals surface area contributed by atoms with Gasteiger partial charge in [0.05, 0.1) is 17.6 Å². The maximum Gasteiger partial charge on any atom is 0.314 e. The molecule has 0 unspecified atom stereocenters. The van der Waals surface area contributed by atoms with Crippen molar-refractivity contribution < 1.29 is 9.53 Å². The monoisotopic (exact) mass is 201 g/mol. The summed E-state index contributed by atoms with van der Waals surface area (Å²) in [5.41, 5.74) is 0.508. The number of rotatable bonds is 2. The summed E-state index contributed by atoms with van der Waals surface area (Å²) >= 11 is 0. The van der Waals surface area contributed by atoms with Crippen LogP contribution in [0.5, 0.6) is 5.75 Å². The van der Waals surface area contributed by atoms with E-state index in [9.17, 15) is 4.79 Å². The van der Waals surface area contributed by atoms with Crippen molar-refractivity contribution in [2.24, 2.45) is 5.92 Å². The molecule has 1 aromatic rings. The van der Waals surface area contributed by atoms with E-state index in [0.29, 0.717) is 11.3 Å². The maximum absolute atomic E-state index is 11.5. The van der Waals surface area contributed by atoms with Crippen LogP contribution >= 0.6 is 0 Å². The fraction of sp³-hybridized carbons (Fsp3) is 0.333. The first-order valence-electron chi connectivity index (χ1n) is 5.01. The first-order chi connectivity index (χ1) is 7.29. The molecule has 1 aliphatic rings. The Balaban J connectivity index is 2.03. The number of carbonyl (C=O) groups is 1. The molecule has 2 rings (SSSR count). The minimum Gasteiger partial charge on any atom is -0.426 e. The van der Waals surface area contributed by atoms with Crippen LogP contribution in [0.3, 0.4) is 0 Å². The molecule has 0 bridgehead atoms. The van der Waals surface area contributed by atoms with Crippen molar-refractivity contribution in [3.8, 4) is 11.8 Å². The number of ether oxygens (including phenoxy) is 1. The lowest BCUT2D eigenvalue weighted by Crippen LogP contribution is -2.26. The van der Waals surface area contributed by atoms with Crippen molar-refractivity contribution in [2.75, 3.05) is 0 Å². The minimum absolute atomic E-state index is 0.0655. The van der Waals surface area contributed by atoms with E-state index >= 15 is 0 Å². The largest absolute Gasteiger partial charge is 0.426 e. The van der Waals surface area contributed by atoms with Gasteiger partial charge in [-0.1, -0.05) is 12.5 Å². The van der Waals surface area contributed by atoms with Crippen molar-refractivity contribution >= 4 is 5.97 Å². The van der Waals surface area contributed by atoms with Gasteiger partial charge in [-0.25, -0.2) is 0 Å². The number of nitrogens with zero attached hydrogens (tertiary/aromatic N) is 1. The van der Waals surface area contributed by atoms with Gasteiger partial charge in [-0.15, -0.1) is 0 Å². The third-order valence-corrected chi connectivity index (χ3v) is 2.62. The number of carbonyl (C=O) groups excluding carboxylic acids is 1. The molecule has 1 fully saturated rings. The lowest BCUT2D eigenvalue weighted by atomic mass is 9.86. The minimum atomic E-state index is -0.170. The molecule has 3 heteroatoms. The second-order valence-corrected chi connectivity index (χ2v) is 3.69. The van der Waals surface area contributed by atoms with E-state index in [-0.39, 0.29) is 11.9 Å². The summed E-state index contributed by atoms with van der Waals surface area (Å²) in [7, 11) is 0. The molecule has 0 radical (unpaired) electrons. The van der Waals surface area contributed by atoms with Gasteiger partial charge < -0.3 is 4.74 Å². The van der Waals surface area contributed by atoms with Gasteiger partial charge in [-0.3, -0.25) is 4.79 Å². The van der Waals surface area contributed by atoms with Crippen LogP contribution in [0.25, 0.3) is 0 Å². The molecule has 0 N–H and O–H groups in total. The third-order valence-electron chi connectivity index (χ3n) is 2.62. The van der Waals surface area contributed by atoms with Gasteiger partial charge in [-0.2, -0.15) is 5.26 Å². The van der Waals surface area contributed by atoms with Gasteiger partial charge in [0.15, 0.2) is 0 Å². The van der Waals surface area contributed by atoms with Crippen molar-refractivity contribution in [3.05, 3.63) is 29.8 Å². The number of esters is 1. The van der Waals surface area contributed by atoms with Gasteiger partial charge in [-0.05, 0) is 31.0 Å². The van der Waals surface area contributed by atoms with Crippen LogP contribution in [-0.4, -0.2) is 5.97 Å². The smallest absolute Gasteiger partial charge is 0.314 e. The average Bonchev–Trinajstić information content (AvgIpc) is 2.15. The molecule has 15 heavy (non-hydrogen) atoms. The summed E-state index contributed by atoms with van der Waals surface area (Å²) < 4.78 is 5.17. The van der Waals surface area contributed by atoms with Crippen LogP contribution in [0.2, 0.25) is 0 Å². The number of hydrogen-bond donors (Lipinski definition) is 0. The van der Waals surface area contributed by atoms with Crippen molar-refractivity contribution in [1.29, 1.82) is 5.26 Å². The summed E-state index contributed by atoms with van der Waals surface area (Å²) in [5, 5.41) is 8.67. The lowest BCUT2D eigenvalue weighted by Gasteiger charge is -2.22. The SMILES string of the molecule is N#Cc1cccc(OC(=O)C2CCC2)c1. The highest BCUT2D eigenvalue weighted by Crippen LogP contribution is 2.28. The van der Waals surface area contributed by atoms with Crippen LogP contribution in [0.15, 0.2) is 24.3 Å². The molecule has 3 nitrogen and oxygen atoms in total. The van der Waals surface area contributed by atoms with E-state index in [1.165, 1.54) is 0 Å². The highest BCUT2D eigenvalue weighted by molar-refractivity contribution is 5.76. The van der Waals surface area contributed by atoms with E-state index in [4.69, 9.17) is 10.00 Å². The zero-order valence-electron chi connectivity index (χ0n) is 8.27. The predicted molar refractivity (Wildman–Crippen MR) is 54.1 cm³/mol. The van der Waals surface area contributed by atoms with Gasteiger partial charge in [0, 0.05) is 0 Å². The molecular weight excluding hydrogens is 190 g/mol. The second kappa shape index (κ2) is 4.14. The second-order valence-electron chi connectivity index (χ2n) is 3.69. The lowest BCUT2D eigenvalue weighted by molar-refractivity contribution is -0.141. The molecule has 1 aliphatic carbocycles. The molecule has 76 valence electrons. The zero-order chi connectivity index (χ0) is 10.7. The fourth-order valence-corrected chi connectivity index (χ4v) is 1.47. The Morgan fingerprint density at radius 1 is 1.47 bits per heavy atom. The topological polar surface area (TPSA) is 50.1 Å². The molecule has 0 aliphatic heterocycles. The predicted octanol–water partition coefficient (Wildman–Crippen LogP) is 2.26. The van der Waals surface area contributed by atoms with Gasteiger partial charge >= 0.3 is 5.97 Å². The van der Waals surface area contributed by atoms with E-state index in [1.54, 1.807) is 24.3 Å². The van der Waals surface area contributed by atoms with Crippen molar-refractivity contribution in [1.82, 2.24) is 0 Å². The standard InChI is InChI=1S/C12H11NO2/c13-8-9-3-1-6-11(7-9)15-12(14)10-4-2-5-10/h1,3,6-7,10H,2,4-5H2. The first-order valence-corrected chi connectivity index (χ1v) is 5.01. The van der Waals surface area contributed by atoms with Gasteiger partial charge in [0.25, 0.3) is 0 Å². The first kappa shape index (κ1) is 9.72. The summed E-state index contributed by atoms with van der Waals surface area (Å²) in [5.74, 6) is 0.359. The Kier molecular flexibility index (Phi) is 2.68. The van der Waals surface area contributed by atoms with Crippen LogP contribution in [-0.2, 0) is 4.79 Å². The molecular formula is C12H11NO2. The quantitative estimate of drug-likeness (QED) is 0.544. The Morgan fingerprint density at radius 3 is 2.87 bits per heavy atom. The summed E-state index contributed by atoms with van der Waals surface area (Å²) in [6, 6.07) is 8.67. The summed E-state index contributed by atoms with van der Waals surface area (Å²) in [4.78, 5) is 11.5. The zero-order valence-corrected chi connectivity index (χ0v) is 8.27. The molecule has 1 saturated carbocycles. The van der Waals surface area contributed by atoms with Crippen LogP contribution < -0.4 is 4.74 Å². The Morgan fingerprint density at radius 2 is 2.27 bits per heavy atom. The van der Waals surface area contributed by atoms with E-state index in [1.807, 2.05) is 6.07 Å². The normalized spacial score (nSPS) is 15.1. The average molecular weight is 201 g/mol. The maximum atomic E-state index is 11.5. The highest BCUT2D eigenvalue weighted by atomic mass is 16.5. The van der Waals surface area contributed by atoms with Crippen LogP contribution in [0, 0.1) is 17.2 Å². The summed E-state index contributed by atoms with van der Waals surface area (Å²) in [6.45, 7) is 0.